The van der Waals surface area contributed by atoms with E-state index in [1.165, 1.54) is 4.80 Å². The lowest BCUT2D eigenvalue weighted by Gasteiger charge is -2.06. The van der Waals surface area contributed by atoms with E-state index in [-0.39, 0.29) is 5.69 Å². The van der Waals surface area contributed by atoms with Gasteiger partial charge in [-0.1, -0.05) is 24.3 Å². The molecular formula is C18H14N6O3S. The molecule has 0 aliphatic heterocycles. The third-order valence-corrected chi connectivity index (χ3v) is 4.40. The number of hydrogen-bond acceptors (Lipinski definition) is 8. The van der Waals surface area contributed by atoms with E-state index in [0.717, 1.165) is 11.7 Å². The van der Waals surface area contributed by atoms with Crippen molar-refractivity contribution in [2.24, 2.45) is 0 Å². The molecule has 2 aromatic heterocycles. The number of carbonyl (C=O) groups excluding carboxylic acids is 2. The zero-order chi connectivity index (χ0) is 19.5. The Morgan fingerprint density at radius 1 is 1.07 bits per heavy atom. The molecule has 0 unspecified atom stereocenters. The molecule has 140 valence electrons. The zero-order valence-corrected chi connectivity index (χ0v) is 15.5. The molecule has 0 saturated carbocycles. The van der Waals surface area contributed by atoms with Crippen LogP contribution < -0.4 is 5.32 Å². The molecule has 9 nitrogen and oxygen atoms in total. The number of para-hydroxylation sites is 1. The highest BCUT2D eigenvalue weighted by atomic mass is 32.1. The summed E-state index contributed by atoms with van der Waals surface area (Å²) >= 11 is 1.06. The molecule has 0 bridgehead atoms. The average molecular weight is 394 g/mol. The van der Waals surface area contributed by atoms with Crippen LogP contribution in [-0.4, -0.2) is 42.2 Å². The first-order valence-electron chi connectivity index (χ1n) is 8.29. The van der Waals surface area contributed by atoms with E-state index in [0.29, 0.717) is 28.1 Å². The molecule has 1 N–H and O–H groups in total. The summed E-state index contributed by atoms with van der Waals surface area (Å²) in [7, 11) is 0. The monoisotopic (exact) mass is 394 g/mol. The Morgan fingerprint density at radius 3 is 2.71 bits per heavy atom. The second-order valence-corrected chi connectivity index (χ2v) is 6.35. The van der Waals surface area contributed by atoms with Crippen LogP contribution in [0.4, 0.5) is 5.69 Å². The minimum absolute atomic E-state index is 0.0578. The van der Waals surface area contributed by atoms with Crippen LogP contribution in [0.5, 0.6) is 0 Å². The van der Waals surface area contributed by atoms with Crippen LogP contribution in [0.2, 0.25) is 0 Å². The van der Waals surface area contributed by atoms with Gasteiger partial charge in [-0.3, -0.25) is 4.79 Å². The van der Waals surface area contributed by atoms with Crippen molar-refractivity contribution in [3.8, 4) is 5.69 Å². The van der Waals surface area contributed by atoms with Crippen LogP contribution >= 0.6 is 11.7 Å². The third kappa shape index (κ3) is 3.58. The van der Waals surface area contributed by atoms with Crippen molar-refractivity contribution in [1.82, 2.24) is 23.7 Å². The van der Waals surface area contributed by atoms with Crippen LogP contribution in [0, 0.1) is 6.92 Å². The summed E-state index contributed by atoms with van der Waals surface area (Å²) in [4.78, 5) is 25.8. The number of esters is 1. The van der Waals surface area contributed by atoms with Gasteiger partial charge < -0.3 is 10.1 Å². The van der Waals surface area contributed by atoms with Gasteiger partial charge in [0.15, 0.2) is 12.3 Å². The van der Waals surface area contributed by atoms with Gasteiger partial charge in [0.25, 0.3) is 5.91 Å². The standard InChI is InChI=1S/C18H14N6O3S/c1-11-16(21-24(20-11)12-6-3-2-4-7-12)18(26)27-10-15(25)19-13-8-5-9-14-17(13)23-28-22-14/h2-9H,10H2,1H3,(H,19,25). The number of aromatic nitrogens is 5. The second-order valence-electron chi connectivity index (χ2n) is 5.82. The number of hydrogen-bond donors (Lipinski definition) is 1. The number of fused-ring (bicyclic) bond motifs is 1. The SMILES string of the molecule is Cc1nn(-c2ccccc2)nc1C(=O)OCC(=O)Nc1cccc2nsnc12. The molecule has 2 aromatic carbocycles. The molecule has 0 atom stereocenters. The van der Waals surface area contributed by atoms with E-state index >= 15 is 0 Å². The lowest BCUT2D eigenvalue weighted by Crippen LogP contribution is -2.21. The number of ether oxygens (including phenoxy) is 1. The molecule has 10 heteroatoms. The topological polar surface area (TPSA) is 112 Å². The number of carbonyl (C=O) groups is 2. The van der Waals surface area contributed by atoms with Crippen LogP contribution in [-0.2, 0) is 9.53 Å². The summed E-state index contributed by atoms with van der Waals surface area (Å²) in [5.41, 5.74) is 2.97. The molecule has 28 heavy (non-hydrogen) atoms. The molecule has 2 heterocycles. The molecule has 0 fully saturated rings. The van der Waals surface area contributed by atoms with Gasteiger partial charge >= 0.3 is 5.97 Å². The summed E-state index contributed by atoms with van der Waals surface area (Å²) < 4.78 is 13.3. The maximum Gasteiger partial charge on any atom is 0.361 e. The highest BCUT2D eigenvalue weighted by Gasteiger charge is 2.19. The maximum atomic E-state index is 12.3. The molecule has 0 radical (unpaired) electrons. The fraction of sp³-hybridized carbons (Fsp3) is 0.111. The van der Waals surface area contributed by atoms with Gasteiger partial charge in [0, 0.05) is 0 Å². The number of anilines is 1. The summed E-state index contributed by atoms with van der Waals surface area (Å²) in [5.74, 6) is -1.20. The fourth-order valence-electron chi connectivity index (χ4n) is 2.54. The van der Waals surface area contributed by atoms with E-state index in [1.54, 1.807) is 25.1 Å². The second kappa shape index (κ2) is 7.53. The van der Waals surface area contributed by atoms with Gasteiger partial charge in [-0.05, 0) is 31.2 Å². The predicted octanol–water partition coefficient (Wildman–Crippen LogP) is 2.38. The van der Waals surface area contributed by atoms with Crippen molar-refractivity contribution in [3.63, 3.8) is 0 Å². The third-order valence-electron chi connectivity index (χ3n) is 3.86. The van der Waals surface area contributed by atoms with Crippen LogP contribution in [0.3, 0.4) is 0 Å². The number of rotatable bonds is 5. The summed E-state index contributed by atoms with van der Waals surface area (Å²) in [5, 5.41) is 11.0. The lowest BCUT2D eigenvalue weighted by atomic mass is 10.2. The fourth-order valence-corrected chi connectivity index (χ4v) is 3.09. The molecule has 0 spiro atoms. The number of nitrogens with zero attached hydrogens (tertiary/aromatic N) is 5. The van der Waals surface area contributed by atoms with Crippen LogP contribution in [0.1, 0.15) is 16.2 Å². The van der Waals surface area contributed by atoms with Gasteiger partial charge in [-0.15, -0.1) is 5.10 Å². The highest BCUT2D eigenvalue weighted by Crippen LogP contribution is 2.21. The molecular weight excluding hydrogens is 380 g/mol. The Hall–Kier alpha value is -3.66. The molecule has 0 saturated heterocycles. The Kier molecular flexibility index (Phi) is 4.77. The van der Waals surface area contributed by atoms with Gasteiger partial charge in [0.05, 0.1) is 28.8 Å². The highest BCUT2D eigenvalue weighted by molar-refractivity contribution is 7.00. The zero-order valence-electron chi connectivity index (χ0n) is 14.7. The Labute approximate surface area is 163 Å². The number of benzene rings is 2. The van der Waals surface area contributed by atoms with Crippen molar-refractivity contribution in [2.75, 3.05) is 11.9 Å². The summed E-state index contributed by atoms with van der Waals surface area (Å²) in [6, 6.07) is 14.5. The van der Waals surface area contributed by atoms with E-state index in [2.05, 4.69) is 24.3 Å². The summed E-state index contributed by atoms with van der Waals surface area (Å²) in [6.07, 6.45) is 0. The van der Waals surface area contributed by atoms with E-state index in [1.807, 2.05) is 30.3 Å². The minimum Gasteiger partial charge on any atom is -0.451 e. The number of nitrogens with one attached hydrogen (secondary N) is 1. The number of amides is 1. The molecule has 0 aliphatic carbocycles. The first kappa shape index (κ1) is 17.7. The minimum atomic E-state index is -0.719. The normalized spacial score (nSPS) is 10.8. The summed E-state index contributed by atoms with van der Waals surface area (Å²) in [6.45, 7) is 1.20. The molecule has 4 aromatic rings. The van der Waals surface area contributed by atoms with Crippen molar-refractivity contribution in [3.05, 3.63) is 59.9 Å². The predicted molar refractivity (Wildman–Crippen MR) is 102 cm³/mol. The van der Waals surface area contributed by atoms with Gasteiger partial charge in [-0.25, -0.2) is 4.79 Å². The largest absolute Gasteiger partial charge is 0.451 e. The first-order chi connectivity index (χ1) is 13.6. The van der Waals surface area contributed by atoms with E-state index < -0.39 is 18.5 Å². The van der Waals surface area contributed by atoms with Gasteiger partial charge in [0.1, 0.15) is 11.0 Å². The molecule has 4 rings (SSSR count). The van der Waals surface area contributed by atoms with Crippen LogP contribution in [0.25, 0.3) is 16.7 Å². The van der Waals surface area contributed by atoms with Gasteiger partial charge in [-0.2, -0.15) is 18.6 Å². The van der Waals surface area contributed by atoms with Crippen LogP contribution in [0.15, 0.2) is 48.5 Å². The van der Waals surface area contributed by atoms with Crippen molar-refractivity contribution in [1.29, 1.82) is 0 Å². The van der Waals surface area contributed by atoms with Crippen molar-refractivity contribution < 1.29 is 14.3 Å². The van der Waals surface area contributed by atoms with Gasteiger partial charge in [0.2, 0.25) is 0 Å². The maximum absolute atomic E-state index is 12.3. The lowest BCUT2D eigenvalue weighted by molar-refractivity contribution is -0.119. The molecule has 1 amide bonds. The van der Waals surface area contributed by atoms with Crippen molar-refractivity contribution in [2.45, 2.75) is 6.92 Å². The van der Waals surface area contributed by atoms with E-state index in [4.69, 9.17) is 4.74 Å². The number of aryl methyl sites for hydroxylation is 1. The molecule has 0 aliphatic rings. The Morgan fingerprint density at radius 2 is 1.89 bits per heavy atom. The average Bonchev–Trinajstić information content (AvgIpc) is 3.34. The first-order valence-corrected chi connectivity index (χ1v) is 9.02. The quantitative estimate of drug-likeness (QED) is 0.517. The van der Waals surface area contributed by atoms with Crippen molar-refractivity contribution >= 4 is 40.3 Å². The smallest absolute Gasteiger partial charge is 0.361 e. The Balaban J connectivity index is 1.41. The van der Waals surface area contributed by atoms with E-state index in [9.17, 15) is 9.59 Å². The Bertz CT molecular complexity index is 1150.